The summed E-state index contributed by atoms with van der Waals surface area (Å²) >= 11 is 1.53. The number of thioether (sulfide) groups is 1. The Morgan fingerprint density at radius 2 is 1.79 bits per heavy atom. The topological polar surface area (TPSA) is 75.3 Å². The van der Waals surface area contributed by atoms with Gasteiger partial charge < -0.3 is 5.32 Å². The second kappa shape index (κ2) is 10.2. The Bertz CT molecular complexity index is 978. The highest BCUT2D eigenvalue weighted by Crippen LogP contribution is 2.18. The van der Waals surface area contributed by atoms with Gasteiger partial charge in [0.15, 0.2) is 0 Å². The van der Waals surface area contributed by atoms with Gasteiger partial charge in [0.2, 0.25) is 15.9 Å². The molecule has 0 aliphatic rings. The highest BCUT2D eigenvalue weighted by Gasteiger charge is 2.26. The predicted octanol–water partition coefficient (Wildman–Crippen LogP) is 3.47. The average Bonchev–Trinajstić information content (AvgIpc) is 2.67. The Hall–Kier alpha value is -1.90. The monoisotopic (exact) mass is 438 g/mol. The normalized spacial score (nSPS) is 12.6. The van der Waals surface area contributed by atoms with Crippen molar-refractivity contribution in [3.63, 3.8) is 0 Å². The largest absolute Gasteiger partial charge is 0.351 e. The van der Waals surface area contributed by atoms with Crippen LogP contribution in [0, 0.1) is 26.6 Å². The summed E-state index contributed by atoms with van der Waals surface area (Å²) in [7, 11) is -3.86. The number of hydrogen-bond acceptors (Lipinski definition) is 4. The summed E-state index contributed by atoms with van der Waals surface area (Å²) in [5.41, 5.74) is 2.58. The molecule has 2 N–H and O–H groups in total. The fraction of sp³-hybridized carbons (Fsp3) is 0.381. The maximum absolute atomic E-state index is 13.7. The van der Waals surface area contributed by atoms with E-state index in [-0.39, 0.29) is 17.3 Å². The fourth-order valence-corrected chi connectivity index (χ4v) is 4.82. The zero-order valence-corrected chi connectivity index (χ0v) is 18.7. The van der Waals surface area contributed by atoms with Gasteiger partial charge in [-0.25, -0.2) is 12.8 Å². The quantitative estimate of drug-likeness (QED) is 0.629. The van der Waals surface area contributed by atoms with Crippen LogP contribution >= 0.6 is 11.8 Å². The van der Waals surface area contributed by atoms with E-state index in [0.29, 0.717) is 28.9 Å². The molecule has 29 heavy (non-hydrogen) atoms. The lowest BCUT2D eigenvalue weighted by Crippen LogP contribution is -2.46. The van der Waals surface area contributed by atoms with Crippen LogP contribution in [-0.4, -0.2) is 32.4 Å². The van der Waals surface area contributed by atoms with E-state index < -0.39 is 22.0 Å². The molecule has 0 bridgehead atoms. The third-order valence-corrected chi connectivity index (χ3v) is 6.82. The minimum absolute atomic E-state index is 0.122. The molecule has 0 aliphatic carbocycles. The second-order valence-electron chi connectivity index (χ2n) is 7.03. The minimum atomic E-state index is -3.86. The third kappa shape index (κ3) is 6.55. The van der Waals surface area contributed by atoms with Crippen molar-refractivity contribution >= 4 is 27.7 Å². The first-order valence-corrected chi connectivity index (χ1v) is 12.1. The van der Waals surface area contributed by atoms with E-state index in [9.17, 15) is 17.6 Å². The molecule has 0 saturated heterocycles. The number of carbonyl (C=O) groups excluding carboxylic acids is 1. The van der Waals surface area contributed by atoms with Crippen molar-refractivity contribution in [3.8, 4) is 0 Å². The van der Waals surface area contributed by atoms with Crippen molar-refractivity contribution in [2.45, 2.75) is 44.7 Å². The van der Waals surface area contributed by atoms with Crippen LogP contribution in [0.4, 0.5) is 4.39 Å². The van der Waals surface area contributed by atoms with E-state index in [1.54, 1.807) is 38.1 Å². The third-order valence-electron chi connectivity index (χ3n) is 4.56. The molecule has 1 amide bonds. The second-order valence-corrected chi connectivity index (χ2v) is 9.69. The number of sulfonamides is 1. The summed E-state index contributed by atoms with van der Waals surface area (Å²) < 4.78 is 42.0. The lowest BCUT2D eigenvalue weighted by atomic mass is 10.1. The molecule has 0 aliphatic heterocycles. The number of benzene rings is 2. The van der Waals surface area contributed by atoms with Gasteiger partial charge in [0, 0.05) is 6.54 Å². The predicted molar refractivity (Wildman–Crippen MR) is 116 cm³/mol. The van der Waals surface area contributed by atoms with Gasteiger partial charge in [-0.05, 0) is 73.6 Å². The van der Waals surface area contributed by atoms with Crippen LogP contribution in [0.15, 0.2) is 41.3 Å². The number of carbonyl (C=O) groups is 1. The first-order chi connectivity index (χ1) is 13.6. The zero-order chi connectivity index (χ0) is 21.6. The maximum Gasteiger partial charge on any atom is 0.241 e. The van der Waals surface area contributed by atoms with Gasteiger partial charge in [-0.15, -0.1) is 0 Å². The van der Waals surface area contributed by atoms with Crippen molar-refractivity contribution in [1.82, 2.24) is 10.0 Å². The fourth-order valence-electron chi connectivity index (χ4n) is 2.79. The van der Waals surface area contributed by atoms with Crippen molar-refractivity contribution < 1.29 is 17.6 Å². The average molecular weight is 439 g/mol. The molecule has 0 fully saturated rings. The van der Waals surface area contributed by atoms with Crippen molar-refractivity contribution in [1.29, 1.82) is 0 Å². The summed E-state index contributed by atoms with van der Waals surface area (Å²) in [6.07, 6.45) is 2.24. The number of rotatable bonds is 9. The van der Waals surface area contributed by atoms with Gasteiger partial charge >= 0.3 is 0 Å². The van der Waals surface area contributed by atoms with Gasteiger partial charge in [-0.2, -0.15) is 16.5 Å². The number of amides is 1. The van der Waals surface area contributed by atoms with Crippen LogP contribution in [0.1, 0.15) is 28.7 Å². The van der Waals surface area contributed by atoms with Crippen LogP contribution in [0.3, 0.4) is 0 Å². The summed E-state index contributed by atoms with van der Waals surface area (Å²) in [4.78, 5) is 12.9. The van der Waals surface area contributed by atoms with Gasteiger partial charge in [0.1, 0.15) is 11.9 Å². The summed E-state index contributed by atoms with van der Waals surface area (Å²) in [6, 6.07) is 9.01. The molecule has 5 nitrogen and oxygen atoms in total. The van der Waals surface area contributed by atoms with Crippen LogP contribution < -0.4 is 10.0 Å². The van der Waals surface area contributed by atoms with Crippen molar-refractivity contribution in [2.75, 3.05) is 12.0 Å². The SMILES string of the molecule is CSCCC(NS(=O)(=O)c1cc(C)ccc1C)C(=O)NCc1ccc(C)c(F)c1. The van der Waals surface area contributed by atoms with E-state index in [2.05, 4.69) is 10.0 Å². The highest BCUT2D eigenvalue weighted by molar-refractivity contribution is 7.98. The molecule has 0 saturated carbocycles. The van der Waals surface area contributed by atoms with Crippen molar-refractivity contribution in [3.05, 3.63) is 64.5 Å². The zero-order valence-electron chi connectivity index (χ0n) is 17.1. The lowest BCUT2D eigenvalue weighted by molar-refractivity contribution is -0.122. The number of hydrogen-bond donors (Lipinski definition) is 2. The van der Waals surface area contributed by atoms with Crippen LogP contribution in [0.2, 0.25) is 0 Å². The molecule has 2 aromatic rings. The first-order valence-electron chi connectivity index (χ1n) is 9.25. The molecule has 1 atom stereocenters. The lowest BCUT2D eigenvalue weighted by Gasteiger charge is -2.19. The molecule has 0 spiro atoms. The Balaban J connectivity index is 2.15. The first kappa shape index (κ1) is 23.4. The van der Waals surface area contributed by atoms with E-state index in [1.165, 1.54) is 17.8 Å². The van der Waals surface area contributed by atoms with Gasteiger partial charge in [-0.3, -0.25) is 4.79 Å². The highest BCUT2D eigenvalue weighted by atomic mass is 32.2. The van der Waals surface area contributed by atoms with Crippen LogP contribution in [0.5, 0.6) is 0 Å². The molecule has 0 heterocycles. The molecule has 2 rings (SSSR count). The smallest absolute Gasteiger partial charge is 0.241 e. The van der Waals surface area contributed by atoms with Crippen molar-refractivity contribution in [2.24, 2.45) is 0 Å². The molecule has 0 aromatic heterocycles. The molecule has 158 valence electrons. The number of nitrogens with one attached hydrogen (secondary N) is 2. The molecular weight excluding hydrogens is 411 g/mol. The Labute approximate surface area is 176 Å². The van der Waals surface area contributed by atoms with E-state index in [0.717, 1.165) is 5.56 Å². The summed E-state index contributed by atoms with van der Waals surface area (Å²) in [5.74, 6) is -0.160. The Kier molecular flexibility index (Phi) is 8.24. The summed E-state index contributed by atoms with van der Waals surface area (Å²) in [6.45, 7) is 5.32. The molecule has 2 aromatic carbocycles. The molecule has 0 radical (unpaired) electrons. The van der Waals surface area contributed by atoms with Gasteiger partial charge in [-0.1, -0.05) is 24.3 Å². The Morgan fingerprint density at radius 1 is 1.10 bits per heavy atom. The molecule has 1 unspecified atom stereocenters. The van der Waals surface area contributed by atoms with Gasteiger partial charge in [0.05, 0.1) is 4.90 Å². The molecular formula is C21H27FN2O3S2. The van der Waals surface area contributed by atoms with E-state index >= 15 is 0 Å². The number of aryl methyl sites for hydroxylation is 3. The van der Waals surface area contributed by atoms with Gasteiger partial charge in [0.25, 0.3) is 0 Å². The maximum atomic E-state index is 13.7. The number of halogens is 1. The van der Waals surface area contributed by atoms with E-state index in [1.807, 2.05) is 19.2 Å². The summed E-state index contributed by atoms with van der Waals surface area (Å²) in [5, 5.41) is 2.71. The Morgan fingerprint density at radius 3 is 2.45 bits per heavy atom. The van der Waals surface area contributed by atoms with Crippen LogP contribution in [-0.2, 0) is 21.4 Å². The standard InChI is InChI=1S/C21H27FN2O3S2/c1-14-5-6-16(3)20(11-14)29(26,27)24-19(9-10-28-4)21(25)23-13-17-8-7-15(2)18(22)12-17/h5-8,11-12,19,24H,9-10,13H2,1-4H3,(H,23,25). The van der Waals surface area contributed by atoms with Crippen LogP contribution in [0.25, 0.3) is 0 Å². The minimum Gasteiger partial charge on any atom is -0.351 e. The van der Waals surface area contributed by atoms with E-state index in [4.69, 9.17) is 0 Å². The molecule has 8 heteroatoms.